The number of aromatic nitrogens is 3. The summed E-state index contributed by atoms with van der Waals surface area (Å²) < 4.78 is 34.9. The third kappa shape index (κ3) is 3.32. The van der Waals surface area contributed by atoms with E-state index in [1.54, 1.807) is 29.2 Å². The number of nitrogens with zero attached hydrogens (tertiary/aromatic N) is 2. The predicted octanol–water partition coefficient (Wildman–Crippen LogP) is 4.18. The molecule has 0 aliphatic heterocycles. The van der Waals surface area contributed by atoms with Crippen molar-refractivity contribution in [2.45, 2.75) is 4.90 Å². The standard InChI is InChI=1S/C16H9BrCl2N4O4S/c17-9-7-11-14(27-16(24)21-11)13(19)15(9)28(25,26)22-8-2-3-12(10(18)6-8)23-5-1-4-20-23/h1-7,22H,(H,21,24). The Morgan fingerprint density at radius 1 is 1.25 bits per heavy atom. The fourth-order valence-electron chi connectivity index (χ4n) is 2.62. The lowest BCUT2D eigenvalue weighted by atomic mass is 10.3. The molecule has 0 radical (unpaired) electrons. The molecule has 0 saturated heterocycles. The van der Waals surface area contributed by atoms with E-state index >= 15 is 0 Å². The number of sulfonamides is 1. The van der Waals surface area contributed by atoms with E-state index in [1.165, 1.54) is 18.2 Å². The maximum Gasteiger partial charge on any atom is 0.417 e. The lowest BCUT2D eigenvalue weighted by Crippen LogP contribution is -2.14. The van der Waals surface area contributed by atoms with Gasteiger partial charge in [-0.2, -0.15) is 5.10 Å². The number of halogens is 3. The van der Waals surface area contributed by atoms with E-state index in [2.05, 4.69) is 30.7 Å². The van der Waals surface area contributed by atoms with Gasteiger partial charge in [0.15, 0.2) is 5.58 Å². The fraction of sp³-hybridized carbons (Fsp3) is 0. The minimum absolute atomic E-state index is 0.0534. The van der Waals surface area contributed by atoms with Gasteiger partial charge in [-0.1, -0.05) is 23.2 Å². The van der Waals surface area contributed by atoms with Gasteiger partial charge >= 0.3 is 5.76 Å². The molecule has 4 aromatic rings. The summed E-state index contributed by atoms with van der Waals surface area (Å²) in [6.45, 7) is 0. The van der Waals surface area contributed by atoms with Gasteiger partial charge in [0, 0.05) is 16.9 Å². The van der Waals surface area contributed by atoms with E-state index in [0.717, 1.165) is 0 Å². The third-order valence-corrected chi connectivity index (χ3v) is 6.91. The molecule has 4 rings (SSSR count). The van der Waals surface area contributed by atoms with Crippen LogP contribution >= 0.6 is 39.1 Å². The molecule has 0 aliphatic rings. The largest absolute Gasteiger partial charge is 0.417 e. The summed E-state index contributed by atoms with van der Waals surface area (Å²) in [5.41, 5.74) is 1.03. The summed E-state index contributed by atoms with van der Waals surface area (Å²) >= 11 is 15.6. The van der Waals surface area contributed by atoms with Crippen LogP contribution in [0.2, 0.25) is 10.0 Å². The molecule has 0 fully saturated rings. The van der Waals surface area contributed by atoms with Gasteiger partial charge in [-0.3, -0.25) is 9.71 Å². The summed E-state index contributed by atoms with van der Waals surface area (Å²) in [4.78, 5) is 13.5. The van der Waals surface area contributed by atoms with E-state index < -0.39 is 15.8 Å². The van der Waals surface area contributed by atoms with Crippen molar-refractivity contribution < 1.29 is 12.8 Å². The molecule has 0 aliphatic carbocycles. The molecular formula is C16H9BrCl2N4O4S. The number of aromatic amines is 1. The Morgan fingerprint density at radius 2 is 2.04 bits per heavy atom. The molecule has 2 N–H and O–H groups in total. The first-order valence-corrected chi connectivity index (χ1v) is 10.6. The van der Waals surface area contributed by atoms with Gasteiger partial charge in [0.2, 0.25) is 0 Å². The minimum Gasteiger partial charge on any atom is -0.406 e. The number of benzene rings is 2. The first-order valence-electron chi connectivity index (χ1n) is 7.59. The lowest BCUT2D eigenvalue weighted by molar-refractivity contribution is 0.554. The summed E-state index contributed by atoms with van der Waals surface area (Å²) in [7, 11) is -4.13. The van der Waals surface area contributed by atoms with Crippen molar-refractivity contribution in [1.82, 2.24) is 14.8 Å². The number of rotatable bonds is 4. The zero-order valence-electron chi connectivity index (χ0n) is 13.6. The number of nitrogens with one attached hydrogen (secondary N) is 2. The molecule has 2 aromatic heterocycles. The Labute approximate surface area is 176 Å². The van der Waals surface area contributed by atoms with Crippen LogP contribution in [0.1, 0.15) is 0 Å². The molecule has 2 heterocycles. The summed E-state index contributed by atoms with van der Waals surface area (Å²) in [5, 5.41) is 4.15. The zero-order valence-corrected chi connectivity index (χ0v) is 17.5. The smallest absolute Gasteiger partial charge is 0.406 e. The first kappa shape index (κ1) is 19.1. The van der Waals surface area contributed by atoms with Gasteiger partial charge in [0.05, 0.1) is 21.9 Å². The van der Waals surface area contributed by atoms with E-state index in [1.807, 2.05) is 0 Å². The summed E-state index contributed by atoms with van der Waals surface area (Å²) in [6.07, 6.45) is 3.31. The zero-order chi connectivity index (χ0) is 20.1. The molecule has 0 saturated carbocycles. The van der Waals surface area contributed by atoms with Gasteiger partial charge in [0.1, 0.15) is 9.92 Å². The van der Waals surface area contributed by atoms with Gasteiger partial charge < -0.3 is 4.42 Å². The number of hydrogen-bond donors (Lipinski definition) is 2. The maximum absolute atomic E-state index is 12.9. The van der Waals surface area contributed by atoms with Gasteiger partial charge in [-0.25, -0.2) is 17.9 Å². The van der Waals surface area contributed by atoms with E-state index in [9.17, 15) is 13.2 Å². The fourth-order valence-corrected chi connectivity index (χ4v) is 5.80. The van der Waals surface area contributed by atoms with Crippen molar-refractivity contribution in [1.29, 1.82) is 0 Å². The molecule has 0 atom stereocenters. The van der Waals surface area contributed by atoms with Crippen molar-refractivity contribution in [3.05, 3.63) is 67.8 Å². The number of H-pyrrole nitrogens is 1. The quantitative estimate of drug-likeness (QED) is 0.434. The highest BCUT2D eigenvalue weighted by molar-refractivity contribution is 9.10. The monoisotopic (exact) mass is 502 g/mol. The SMILES string of the molecule is O=c1[nH]c2cc(Br)c(S(=O)(=O)Nc3ccc(-n4cccn4)c(Cl)c3)c(Cl)c2o1. The first-order chi connectivity index (χ1) is 13.3. The summed E-state index contributed by atoms with van der Waals surface area (Å²) in [6, 6.07) is 7.75. The van der Waals surface area contributed by atoms with Crippen molar-refractivity contribution >= 4 is 65.9 Å². The van der Waals surface area contributed by atoms with E-state index in [4.69, 9.17) is 27.6 Å². The van der Waals surface area contributed by atoms with E-state index in [-0.39, 0.29) is 31.2 Å². The molecule has 144 valence electrons. The van der Waals surface area contributed by atoms with Gasteiger partial charge in [0.25, 0.3) is 10.0 Å². The van der Waals surface area contributed by atoms with Crippen molar-refractivity contribution in [2.24, 2.45) is 0 Å². The van der Waals surface area contributed by atoms with Gasteiger partial charge in [-0.05, 0) is 46.3 Å². The highest BCUT2D eigenvalue weighted by atomic mass is 79.9. The van der Waals surface area contributed by atoms with Crippen LogP contribution < -0.4 is 10.5 Å². The topological polar surface area (TPSA) is 110 Å². The van der Waals surface area contributed by atoms with Crippen LogP contribution in [0, 0.1) is 0 Å². The van der Waals surface area contributed by atoms with Crippen molar-refractivity contribution in [2.75, 3.05) is 4.72 Å². The number of anilines is 1. The van der Waals surface area contributed by atoms with Crippen LogP contribution in [0.25, 0.3) is 16.8 Å². The van der Waals surface area contributed by atoms with Crippen LogP contribution in [0.3, 0.4) is 0 Å². The molecule has 8 nitrogen and oxygen atoms in total. The average Bonchev–Trinajstić information content (AvgIpc) is 3.23. The summed E-state index contributed by atoms with van der Waals surface area (Å²) in [5.74, 6) is -0.743. The van der Waals surface area contributed by atoms with Crippen molar-refractivity contribution in [3.63, 3.8) is 0 Å². The number of oxazole rings is 1. The third-order valence-electron chi connectivity index (χ3n) is 3.78. The predicted molar refractivity (Wildman–Crippen MR) is 109 cm³/mol. The molecule has 0 bridgehead atoms. The Hall–Kier alpha value is -2.27. The van der Waals surface area contributed by atoms with Crippen molar-refractivity contribution in [3.8, 4) is 5.69 Å². The Kier molecular flexibility index (Phi) is 4.74. The second-order valence-corrected chi connectivity index (χ2v) is 8.87. The maximum atomic E-state index is 12.9. The van der Waals surface area contributed by atoms with Crippen LogP contribution in [-0.2, 0) is 10.0 Å². The molecule has 0 amide bonds. The van der Waals surface area contributed by atoms with Crippen LogP contribution in [0.5, 0.6) is 0 Å². The average molecular weight is 504 g/mol. The second-order valence-electron chi connectivity index (χ2n) is 5.62. The Balaban J connectivity index is 1.75. The lowest BCUT2D eigenvalue weighted by Gasteiger charge is -2.13. The van der Waals surface area contributed by atoms with Crippen LogP contribution in [-0.4, -0.2) is 23.2 Å². The van der Waals surface area contributed by atoms with Crippen LogP contribution in [0.4, 0.5) is 5.69 Å². The molecule has 12 heteroatoms. The van der Waals surface area contributed by atoms with Crippen LogP contribution in [0.15, 0.2) is 61.3 Å². The second kappa shape index (κ2) is 6.96. The normalized spacial score (nSPS) is 11.8. The van der Waals surface area contributed by atoms with E-state index in [0.29, 0.717) is 10.7 Å². The highest BCUT2D eigenvalue weighted by Crippen LogP contribution is 2.36. The molecule has 0 unspecified atom stereocenters. The number of fused-ring (bicyclic) bond motifs is 1. The highest BCUT2D eigenvalue weighted by Gasteiger charge is 2.26. The Bertz CT molecular complexity index is 1360. The molecular weight excluding hydrogens is 495 g/mol. The molecule has 2 aromatic carbocycles. The molecule has 28 heavy (non-hydrogen) atoms. The van der Waals surface area contributed by atoms with Gasteiger partial charge in [-0.15, -0.1) is 0 Å². The Morgan fingerprint density at radius 3 is 2.71 bits per heavy atom. The number of hydrogen-bond acceptors (Lipinski definition) is 5. The minimum atomic E-state index is -4.13. The molecule has 0 spiro atoms.